The number of aromatic nitrogens is 1. The van der Waals surface area contributed by atoms with Gasteiger partial charge in [0.1, 0.15) is 17.6 Å². The summed E-state index contributed by atoms with van der Waals surface area (Å²) < 4.78 is 5.72. The number of carbonyl (C=O) groups is 2. The predicted octanol–water partition coefficient (Wildman–Crippen LogP) is 5.01. The maximum Gasteiger partial charge on any atom is 0.301 e. The average molecular weight is 441 g/mol. The minimum Gasteiger partial charge on any atom is -0.507 e. The van der Waals surface area contributed by atoms with Crippen LogP contribution < -0.4 is 9.64 Å². The molecule has 0 aliphatic carbocycles. The van der Waals surface area contributed by atoms with Gasteiger partial charge in [0.25, 0.3) is 5.78 Å². The number of benzene rings is 1. The molecule has 1 aliphatic rings. The molecule has 1 atom stereocenters. The third-order valence-corrected chi connectivity index (χ3v) is 6.45. The highest BCUT2D eigenvalue weighted by atomic mass is 32.1. The number of ketones is 1. The molecule has 1 unspecified atom stereocenters. The van der Waals surface area contributed by atoms with E-state index in [9.17, 15) is 14.7 Å². The van der Waals surface area contributed by atoms with Crippen LogP contribution in [0.2, 0.25) is 0 Å². The van der Waals surface area contributed by atoms with Crippen LogP contribution in [0, 0.1) is 0 Å². The number of anilines is 1. The summed E-state index contributed by atoms with van der Waals surface area (Å²) in [5, 5.41) is 15.1. The molecular weight excluding hydrogens is 420 g/mol. The highest BCUT2D eigenvalue weighted by molar-refractivity contribution is 7.14. The Morgan fingerprint density at radius 3 is 2.77 bits per heavy atom. The van der Waals surface area contributed by atoms with Gasteiger partial charge in [-0.15, -0.1) is 22.7 Å². The number of aliphatic hydroxyl groups is 1. The highest BCUT2D eigenvalue weighted by Crippen LogP contribution is 2.44. The SMILES string of the molecule is CCCCOc1cccc(/C(O)=C2\C(=O)C(=O)N(c3nccs3)C2c2cccs2)c1. The number of ether oxygens (including phenoxy) is 1. The second kappa shape index (κ2) is 8.81. The zero-order chi connectivity index (χ0) is 21.1. The van der Waals surface area contributed by atoms with E-state index in [1.54, 1.807) is 35.8 Å². The fraction of sp³-hybridized carbons (Fsp3) is 0.227. The van der Waals surface area contributed by atoms with E-state index in [2.05, 4.69) is 11.9 Å². The zero-order valence-electron chi connectivity index (χ0n) is 16.3. The fourth-order valence-corrected chi connectivity index (χ4v) is 4.79. The van der Waals surface area contributed by atoms with Gasteiger partial charge in [-0.1, -0.05) is 31.5 Å². The Labute approximate surface area is 182 Å². The lowest BCUT2D eigenvalue weighted by atomic mass is 10.00. The lowest BCUT2D eigenvalue weighted by Gasteiger charge is -2.21. The Hall–Kier alpha value is -2.97. The molecule has 1 aliphatic heterocycles. The first-order chi connectivity index (χ1) is 14.6. The number of unbranched alkanes of at least 4 members (excludes halogenated alkanes) is 1. The summed E-state index contributed by atoms with van der Waals surface area (Å²) in [6, 6.07) is 9.92. The first-order valence-corrected chi connectivity index (χ1v) is 11.3. The average Bonchev–Trinajstić information content (AvgIpc) is 3.50. The zero-order valence-corrected chi connectivity index (χ0v) is 17.9. The maximum absolute atomic E-state index is 13.0. The number of rotatable bonds is 7. The Balaban J connectivity index is 1.79. The normalized spacial score (nSPS) is 18.2. The van der Waals surface area contributed by atoms with Crippen LogP contribution >= 0.6 is 22.7 Å². The molecule has 1 amide bonds. The van der Waals surface area contributed by atoms with Crippen LogP contribution in [0.3, 0.4) is 0 Å². The minimum atomic E-state index is -0.724. The monoisotopic (exact) mass is 440 g/mol. The van der Waals surface area contributed by atoms with Gasteiger partial charge in [0.05, 0.1) is 12.2 Å². The van der Waals surface area contributed by atoms with E-state index in [0.29, 0.717) is 23.1 Å². The first-order valence-electron chi connectivity index (χ1n) is 9.59. The molecular formula is C22H20N2O4S2. The Kier molecular flexibility index (Phi) is 5.96. The van der Waals surface area contributed by atoms with Crippen molar-refractivity contribution < 1.29 is 19.4 Å². The van der Waals surface area contributed by atoms with Gasteiger partial charge in [0.2, 0.25) is 0 Å². The van der Waals surface area contributed by atoms with Crippen molar-refractivity contribution in [3.8, 4) is 5.75 Å². The van der Waals surface area contributed by atoms with Gasteiger partial charge in [0, 0.05) is 22.0 Å². The van der Waals surface area contributed by atoms with Crippen molar-refractivity contribution in [2.24, 2.45) is 0 Å². The van der Waals surface area contributed by atoms with E-state index in [4.69, 9.17) is 4.74 Å². The number of hydrogen-bond donors (Lipinski definition) is 1. The lowest BCUT2D eigenvalue weighted by molar-refractivity contribution is -0.132. The number of amides is 1. The number of thiazole rings is 1. The van der Waals surface area contributed by atoms with Crippen molar-refractivity contribution in [2.75, 3.05) is 11.5 Å². The largest absolute Gasteiger partial charge is 0.507 e. The quantitative estimate of drug-likeness (QED) is 0.242. The van der Waals surface area contributed by atoms with Crippen LogP contribution in [0.4, 0.5) is 5.13 Å². The van der Waals surface area contributed by atoms with E-state index >= 15 is 0 Å². The van der Waals surface area contributed by atoms with Crippen LogP contribution in [0.1, 0.15) is 36.2 Å². The molecule has 4 rings (SSSR count). The summed E-state index contributed by atoms with van der Waals surface area (Å²) >= 11 is 2.69. The molecule has 0 saturated carbocycles. The molecule has 3 aromatic rings. The van der Waals surface area contributed by atoms with Crippen molar-refractivity contribution in [1.82, 2.24) is 4.98 Å². The van der Waals surface area contributed by atoms with E-state index in [0.717, 1.165) is 17.7 Å². The molecule has 1 saturated heterocycles. The molecule has 6 nitrogen and oxygen atoms in total. The fourth-order valence-electron chi connectivity index (χ4n) is 3.30. The lowest BCUT2D eigenvalue weighted by Crippen LogP contribution is -2.28. The van der Waals surface area contributed by atoms with Crippen LogP contribution in [0.25, 0.3) is 5.76 Å². The van der Waals surface area contributed by atoms with Crippen LogP contribution in [0.15, 0.2) is 58.9 Å². The van der Waals surface area contributed by atoms with Crippen molar-refractivity contribution >= 4 is 45.3 Å². The van der Waals surface area contributed by atoms with Gasteiger partial charge < -0.3 is 9.84 Å². The summed E-state index contributed by atoms with van der Waals surface area (Å²) in [6.07, 6.45) is 3.52. The Bertz CT molecular complexity index is 1070. The van der Waals surface area contributed by atoms with Gasteiger partial charge in [-0.2, -0.15) is 0 Å². The summed E-state index contributed by atoms with van der Waals surface area (Å²) in [7, 11) is 0. The predicted molar refractivity (Wildman–Crippen MR) is 118 cm³/mol. The standard InChI is InChI=1S/C22H20N2O4S2/c1-2-3-10-28-15-7-4-6-14(13-15)19(25)17-18(16-8-5-11-29-16)24(21(27)20(17)26)22-23-9-12-30-22/h4-9,11-13,18,25H,2-3,10H2,1H3/b19-17+. The molecule has 1 N–H and O–H groups in total. The number of Topliss-reactive ketones (excluding diaryl/α,β-unsaturated/α-hetero) is 1. The number of hydrogen-bond acceptors (Lipinski definition) is 7. The second-order valence-corrected chi connectivity index (χ2v) is 8.58. The molecule has 2 aromatic heterocycles. The second-order valence-electron chi connectivity index (χ2n) is 6.73. The van der Waals surface area contributed by atoms with Gasteiger partial charge in [-0.3, -0.25) is 14.5 Å². The summed E-state index contributed by atoms with van der Waals surface area (Å²) in [5.41, 5.74) is 0.492. The summed E-state index contributed by atoms with van der Waals surface area (Å²) in [4.78, 5) is 32.2. The summed E-state index contributed by atoms with van der Waals surface area (Å²) in [6.45, 7) is 2.65. The third-order valence-electron chi connectivity index (χ3n) is 4.76. The maximum atomic E-state index is 13.0. The molecule has 0 bridgehead atoms. The third kappa shape index (κ3) is 3.76. The minimum absolute atomic E-state index is 0.0587. The number of nitrogens with zero attached hydrogens (tertiary/aromatic N) is 2. The Morgan fingerprint density at radius 1 is 1.20 bits per heavy atom. The van der Waals surface area contributed by atoms with Gasteiger partial charge in [-0.05, 0) is 30.0 Å². The molecule has 0 radical (unpaired) electrons. The van der Waals surface area contributed by atoms with Crippen molar-refractivity contribution in [2.45, 2.75) is 25.8 Å². The van der Waals surface area contributed by atoms with Crippen LogP contribution in [0.5, 0.6) is 5.75 Å². The first kappa shape index (κ1) is 20.3. The molecule has 154 valence electrons. The van der Waals surface area contributed by atoms with E-state index in [1.807, 2.05) is 17.5 Å². The van der Waals surface area contributed by atoms with E-state index in [-0.39, 0.29) is 11.3 Å². The highest BCUT2D eigenvalue weighted by Gasteiger charge is 2.48. The molecule has 3 heterocycles. The molecule has 1 aromatic carbocycles. The molecule has 1 fully saturated rings. The molecule has 30 heavy (non-hydrogen) atoms. The molecule has 8 heteroatoms. The molecule has 0 spiro atoms. The van der Waals surface area contributed by atoms with Gasteiger partial charge in [-0.25, -0.2) is 4.98 Å². The summed E-state index contributed by atoms with van der Waals surface area (Å²) in [5.74, 6) is -1.03. The smallest absolute Gasteiger partial charge is 0.301 e. The van der Waals surface area contributed by atoms with E-state index < -0.39 is 17.7 Å². The van der Waals surface area contributed by atoms with E-state index in [1.165, 1.54) is 27.6 Å². The Morgan fingerprint density at radius 2 is 2.07 bits per heavy atom. The van der Waals surface area contributed by atoms with Crippen LogP contribution in [-0.2, 0) is 9.59 Å². The number of thiophene rings is 1. The van der Waals surface area contributed by atoms with Crippen molar-refractivity contribution in [1.29, 1.82) is 0 Å². The number of aliphatic hydroxyl groups excluding tert-OH is 1. The van der Waals surface area contributed by atoms with Crippen molar-refractivity contribution in [3.63, 3.8) is 0 Å². The van der Waals surface area contributed by atoms with Gasteiger partial charge >= 0.3 is 5.91 Å². The van der Waals surface area contributed by atoms with Crippen molar-refractivity contribution in [3.05, 3.63) is 69.4 Å². The van der Waals surface area contributed by atoms with Gasteiger partial charge in [0.15, 0.2) is 5.13 Å². The van der Waals surface area contributed by atoms with Crippen LogP contribution in [-0.4, -0.2) is 28.4 Å². The number of carbonyl (C=O) groups excluding carboxylic acids is 2. The topological polar surface area (TPSA) is 79.7 Å².